The molecule has 2 bridgehead atoms. The number of thiol groups is 1. The summed E-state index contributed by atoms with van der Waals surface area (Å²) in [5, 5.41) is 15.1. The average Bonchev–Trinajstić information content (AvgIpc) is 3.15. The van der Waals surface area contributed by atoms with Gasteiger partial charge in [0, 0.05) is 23.0 Å². The smallest absolute Gasteiger partial charge is 0.307 e. The van der Waals surface area contributed by atoms with E-state index in [9.17, 15) is 19.5 Å². The zero-order valence-corrected chi connectivity index (χ0v) is 19.1. The van der Waals surface area contributed by atoms with Crippen LogP contribution in [0.4, 0.5) is 0 Å². The van der Waals surface area contributed by atoms with Crippen molar-refractivity contribution in [2.75, 3.05) is 0 Å². The van der Waals surface area contributed by atoms with E-state index >= 15 is 0 Å². The van der Waals surface area contributed by atoms with Gasteiger partial charge in [-0.05, 0) is 38.8 Å². The molecule has 3 atom stereocenters. The highest BCUT2D eigenvalue weighted by Gasteiger charge is 2.39. The minimum absolute atomic E-state index is 0.0249. The molecule has 2 rings (SSSR count). The molecule has 30 heavy (non-hydrogen) atoms. The zero-order chi connectivity index (χ0) is 22.3. The molecule has 2 heterocycles. The van der Waals surface area contributed by atoms with Gasteiger partial charge in [-0.3, -0.25) is 14.4 Å². The molecule has 1 aliphatic heterocycles. The lowest BCUT2D eigenvalue weighted by Crippen LogP contribution is -2.41. The minimum atomic E-state index is -1.02. The molecule has 162 valence electrons. The number of thiazole rings is 1. The highest BCUT2D eigenvalue weighted by atomic mass is 32.1. The number of nitrogens with one attached hydrogen (secondary N) is 1. The molecule has 8 heteroatoms. The molecule has 0 aromatic carbocycles. The number of rotatable bonds is 2. The Kier molecular flexibility index (Phi) is 8.61. The quantitative estimate of drug-likeness (QED) is 0.461. The first-order chi connectivity index (χ1) is 14.1. The van der Waals surface area contributed by atoms with Crippen LogP contribution in [0.2, 0.25) is 0 Å². The van der Waals surface area contributed by atoms with Crippen molar-refractivity contribution in [3.63, 3.8) is 0 Å². The second-order valence-corrected chi connectivity index (χ2v) is 9.46. The van der Waals surface area contributed by atoms with Gasteiger partial charge in [-0.25, -0.2) is 4.98 Å². The lowest BCUT2D eigenvalue weighted by atomic mass is 9.84. The van der Waals surface area contributed by atoms with Crippen LogP contribution >= 0.6 is 24.0 Å². The first-order valence-electron chi connectivity index (χ1n) is 9.84. The standard InChI is InChI=1S/C22H28N2O4S2/c1-14-8-9-18(25)7-5-4-6-17-13-30-20(24-17)16(3)23-19(26)12-22(29,11-10-14)15(2)21(27)28/h4-8,13,15-16,29H,9-12H2,1-3H3,(H,23,26)(H,27,28)/b6-4-,7-5+,14-8+/t15-,16+,22+/m0/s1. The monoisotopic (exact) mass is 448 g/mol. The first-order valence-corrected chi connectivity index (χ1v) is 11.2. The Labute approximate surface area is 186 Å². The van der Waals surface area contributed by atoms with Gasteiger partial charge in [0.25, 0.3) is 0 Å². The van der Waals surface area contributed by atoms with Crippen molar-refractivity contribution >= 4 is 47.7 Å². The molecule has 1 amide bonds. The van der Waals surface area contributed by atoms with Gasteiger partial charge < -0.3 is 10.4 Å². The molecule has 2 N–H and O–H groups in total. The van der Waals surface area contributed by atoms with E-state index in [4.69, 9.17) is 0 Å². The highest BCUT2D eigenvalue weighted by molar-refractivity contribution is 7.81. The van der Waals surface area contributed by atoms with E-state index < -0.39 is 16.6 Å². The van der Waals surface area contributed by atoms with E-state index in [1.807, 2.05) is 25.3 Å². The van der Waals surface area contributed by atoms with Crippen molar-refractivity contribution in [2.24, 2.45) is 5.92 Å². The molecule has 0 unspecified atom stereocenters. The number of hydrogen-bond donors (Lipinski definition) is 3. The molecule has 6 nitrogen and oxygen atoms in total. The third-order valence-corrected chi connectivity index (χ3v) is 7.01. The maximum absolute atomic E-state index is 12.7. The summed E-state index contributed by atoms with van der Waals surface area (Å²) in [6, 6.07) is -0.306. The summed E-state index contributed by atoms with van der Waals surface area (Å²) in [7, 11) is 0. The number of amides is 1. The van der Waals surface area contributed by atoms with Crippen LogP contribution < -0.4 is 5.32 Å². The van der Waals surface area contributed by atoms with Crippen LogP contribution in [0.5, 0.6) is 0 Å². The topological polar surface area (TPSA) is 96.4 Å². The second-order valence-electron chi connectivity index (χ2n) is 7.68. The summed E-state index contributed by atoms with van der Waals surface area (Å²) < 4.78 is -1.02. The third kappa shape index (κ3) is 6.95. The molecule has 0 saturated heterocycles. The normalized spacial score (nSPS) is 28.9. The number of carbonyl (C=O) groups excluding carboxylic acids is 2. The van der Waals surface area contributed by atoms with Gasteiger partial charge in [0.15, 0.2) is 5.78 Å². The van der Waals surface area contributed by atoms with Crippen LogP contribution in [0.1, 0.15) is 63.2 Å². The van der Waals surface area contributed by atoms with Crippen LogP contribution in [0.15, 0.2) is 35.3 Å². The largest absolute Gasteiger partial charge is 0.481 e. The van der Waals surface area contributed by atoms with Crippen LogP contribution in [-0.4, -0.2) is 32.5 Å². The molecule has 0 spiro atoms. The van der Waals surface area contributed by atoms with Crippen LogP contribution in [-0.2, 0) is 14.4 Å². The van der Waals surface area contributed by atoms with Crippen molar-refractivity contribution in [1.29, 1.82) is 0 Å². The van der Waals surface area contributed by atoms with E-state index in [1.165, 1.54) is 17.4 Å². The summed E-state index contributed by atoms with van der Waals surface area (Å²) in [5.41, 5.74) is 1.71. The Hall–Kier alpha value is -2.19. The molecule has 0 radical (unpaired) electrons. The lowest BCUT2D eigenvalue weighted by Gasteiger charge is -2.32. The van der Waals surface area contributed by atoms with E-state index in [0.29, 0.717) is 12.8 Å². The summed E-state index contributed by atoms with van der Waals surface area (Å²) in [6.45, 7) is 5.32. The number of carboxylic acid groups (broad SMARTS) is 1. The maximum atomic E-state index is 12.7. The van der Waals surface area contributed by atoms with E-state index in [2.05, 4.69) is 22.9 Å². The minimum Gasteiger partial charge on any atom is -0.481 e. The van der Waals surface area contributed by atoms with E-state index in [0.717, 1.165) is 16.3 Å². The molecular formula is C22H28N2O4S2. The lowest BCUT2D eigenvalue weighted by molar-refractivity contribution is -0.142. The molecule has 0 aliphatic carbocycles. The van der Waals surface area contributed by atoms with Gasteiger partial charge in [0.05, 0.1) is 17.7 Å². The second kappa shape index (κ2) is 10.7. The van der Waals surface area contributed by atoms with E-state index in [-0.39, 0.29) is 30.6 Å². The third-order valence-electron chi connectivity index (χ3n) is 5.19. The van der Waals surface area contributed by atoms with Crippen LogP contribution in [0.3, 0.4) is 0 Å². The van der Waals surface area contributed by atoms with Gasteiger partial charge in [0.2, 0.25) is 5.91 Å². The van der Waals surface area contributed by atoms with Crippen LogP contribution in [0, 0.1) is 5.92 Å². The first kappa shape index (κ1) is 24.1. The number of allylic oxidation sites excluding steroid dienone is 5. The SMILES string of the molecule is C/C1=C\CC(=O)/C=C/C=C\c2csc(n2)[C@@H](C)NC(=O)C[C@@](S)([C@@H](C)C(=O)O)CC1. The fourth-order valence-electron chi connectivity index (χ4n) is 3.07. The summed E-state index contributed by atoms with van der Waals surface area (Å²) in [6.07, 6.45) is 9.82. The Morgan fingerprint density at radius 2 is 2.07 bits per heavy atom. The Morgan fingerprint density at radius 1 is 1.37 bits per heavy atom. The van der Waals surface area contributed by atoms with Crippen molar-refractivity contribution < 1.29 is 19.5 Å². The fourth-order valence-corrected chi connectivity index (χ4v) is 4.23. The van der Waals surface area contributed by atoms with Gasteiger partial charge in [-0.15, -0.1) is 11.3 Å². The number of hydrogen-bond acceptors (Lipinski definition) is 6. The number of aliphatic carboxylic acids is 1. The van der Waals surface area contributed by atoms with Crippen molar-refractivity contribution in [1.82, 2.24) is 10.3 Å². The molecule has 0 saturated carbocycles. The average molecular weight is 449 g/mol. The molecule has 0 fully saturated rings. The summed E-state index contributed by atoms with van der Waals surface area (Å²) in [5.74, 6) is -2.10. The van der Waals surface area contributed by atoms with Gasteiger partial charge in [-0.1, -0.05) is 30.7 Å². The zero-order valence-electron chi connectivity index (χ0n) is 17.4. The fraction of sp³-hybridized carbons (Fsp3) is 0.455. The Morgan fingerprint density at radius 3 is 2.77 bits per heavy atom. The van der Waals surface area contributed by atoms with Gasteiger partial charge in [-0.2, -0.15) is 12.6 Å². The Bertz CT molecular complexity index is 887. The number of carboxylic acids is 1. The number of carbonyl (C=O) groups is 3. The number of fused-ring (bicyclic) bond motifs is 2. The van der Waals surface area contributed by atoms with Crippen LogP contribution in [0.25, 0.3) is 6.08 Å². The number of ketones is 1. The molecular weight excluding hydrogens is 420 g/mol. The van der Waals surface area contributed by atoms with Crippen molar-refractivity contribution in [3.8, 4) is 0 Å². The Balaban J connectivity index is 2.32. The molecule has 1 aromatic heterocycles. The van der Waals surface area contributed by atoms with Crippen molar-refractivity contribution in [2.45, 2.75) is 57.2 Å². The summed E-state index contributed by atoms with van der Waals surface area (Å²) >= 11 is 6.09. The predicted octanol–water partition coefficient (Wildman–Crippen LogP) is 4.37. The number of aromatic nitrogens is 1. The predicted molar refractivity (Wildman–Crippen MR) is 123 cm³/mol. The molecule has 1 aromatic rings. The highest BCUT2D eigenvalue weighted by Crippen LogP contribution is 2.36. The van der Waals surface area contributed by atoms with Crippen molar-refractivity contribution in [3.05, 3.63) is 46.0 Å². The molecule has 1 aliphatic rings. The van der Waals surface area contributed by atoms with Gasteiger partial charge in [0.1, 0.15) is 5.01 Å². The maximum Gasteiger partial charge on any atom is 0.307 e. The van der Waals surface area contributed by atoms with E-state index in [1.54, 1.807) is 25.2 Å². The number of nitrogens with zero attached hydrogens (tertiary/aromatic N) is 1. The summed E-state index contributed by atoms with van der Waals surface area (Å²) in [4.78, 5) is 40.9. The van der Waals surface area contributed by atoms with Gasteiger partial charge >= 0.3 is 5.97 Å².